The van der Waals surface area contributed by atoms with Crippen molar-refractivity contribution in [2.24, 2.45) is 5.73 Å². The van der Waals surface area contributed by atoms with E-state index in [1.165, 1.54) is 0 Å². The molecule has 0 aromatic heterocycles. The number of nitrogens with zero attached hydrogens (tertiary/aromatic N) is 2. The van der Waals surface area contributed by atoms with Crippen molar-refractivity contribution in [3.05, 3.63) is 124 Å². The van der Waals surface area contributed by atoms with E-state index in [2.05, 4.69) is 23.6 Å². The fourth-order valence-corrected chi connectivity index (χ4v) is 20.6. The number of carbonyl (C=O) groups excluding carboxylic acids is 2. The molecular weight excluding hydrogens is 2000 g/mol. The van der Waals surface area contributed by atoms with Gasteiger partial charge in [-0.25, -0.2) is 39.9 Å². The molecule has 0 aliphatic carbocycles. The molecule has 802 valence electrons. The van der Waals surface area contributed by atoms with Gasteiger partial charge in [0.2, 0.25) is 17.2 Å². The molecule has 0 unspecified atom stereocenters. The summed E-state index contributed by atoms with van der Waals surface area (Å²) < 4.78 is 201. The molecule has 4 amide bonds. The SMILES string of the molecule is CCCCN(C)C(=O)NCCCOc1cc([C@@H]2CC[C@@H](c3cc(OC)c(OC)c(OC)c3)O2)cc(S(=O)(=O)CCC)c1OCCC.CCCCN(O)C(=O)NCCCOc1cc([C@@H]2CC[C@@H](c3cc(OC)c(OC)c(OC)c3)O2)cc(S(=O)(=O)CCC)c1OCCC.CCCOc1c(OCCCN)cc([C@@H]2CC[C@@H](c3cc(OC)c(OC)c(OC)c3)O2)cc1S(=O)(=O)CCC.COc1c[c-]cc(OC)c1OC.[Br-].[Mg+2]. The van der Waals surface area contributed by atoms with E-state index in [0.29, 0.717) is 238 Å². The number of unbranched alkanes of at least 4 members (excludes halogenated alkanes) is 2. The van der Waals surface area contributed by atoms with Gasteiger partial charge in [-0.2, -0.15) is 6.07 Å². The molecule has 3 heterocycles. The third kappa shape index (κ3) is 35.3. The van der Waals surface area contributed by atoms with Crippen LogP contribution in [-0.4, -0.2) is 258 Å². The minimum absolute atomic E-state index is 0. The maximum absolute atomic E-state index is 13.5. The van der Waals surface area contributed by atoms with Gasteiger partial charge in [0.05, 0.1) is 203 Å². The average Bonchev–Trinajstić information content (AvgIpc) is 1.33. The van der Waals surface area contributed by atoms with Crippen molar-refractivity contribution in [2.75, 3.05) is 182 Å². The zero-order chi connectivity index (χ0) is 104. The standard InChI is InChI=1S/C34H52N2O9S.C33H50N2O10S.C28H41NO8S.C9H11O3.BrH.Mg/c1-8-11-16-36(4)34(37)35-15-12-18-43-30-22-25(23-31(33(30)44-17-9-2)46(38,39)19-10-3)27-14-13-26(45-27)24-20-28(40-5)32(42-7)29(21-24)41-6;1-7-10-15-35(37)33(36)34-14-11-17-43-29-21-24(22-30(32(29)44-16-8-2)46(38,39)18-9-3)26-13-12-25(45-26)23-19-27(40-4)31(42-6)28(20-23)41-5;1-6-12-36-28-25(35-13-8-11-29)17-20(18-26(28)38(30,31)14-7-2)22-10-9-21(37-22)19-15-23(32-3)27(34-5)24(16-19)33-4;1-10-7-5-4-6-8(11-2)9(7)12-3;;/h20-23,26-27H,8-19H2,1-7H3,(H,35,37);19-22,25-26,37H,7-18H2,1-6H3,(H,34,36);15-18,21-22H,6-14,29H2,1-5H3;5-6H,1-3H3;1H;/q;;;-1;;+2/p-1/t26-,27-;25-,26-;21-,22-;;;/m000.../s1. The molecule has 6 atom stereocenters. The van der Waals surface area contributed by atoms with E-state index in [4.69, 9.17) is 105 Å². The van der Waals surface area contributed by atoms with Crippen LogP contribution in [0.5, 0.6) is 103 Å². The molecule has 3 aliphatic rings. The summed E-state index contributed by atoms with van der Waals surface area (Å²) in [5.74, 6) is 8.25. The number of carbonyl (C=O) groups is 2. The van der Waals surface area contributed by atoms with E-state index < -0.39 is 41.6 Å². The van der Waals surface area contributed by atoms with Crippen LogP contribution in [0.15, 0.2) is 99.6 Å². The zero-order valence-corrected chi connectivity index (χ0v) is 93.4. The van der Waals surface area contributed by atoms with E-state index in [-0.39, 0.29) is 152 Å². The summed E-state index contributed by atoms with van der Waals surface area (Å²) >= 11 is 0. The van der Waals surface area contributed by atoms with Crippen LogP contribution in [-0.2, 0) is 43.7 Å². The molecule has 10 rings (SSSR count). The molecule has 0 saturated carbocycles. The van der Waals surface area contributed by atoms with E-state index in [9.17, 15) is 40.0 Å². The number of sulfone groups is 3. The van der Waals surface area contributed by atoms with Crippen molar-refractivity contribution < 1.29 is 157 Å². The number of hydrogen-bond acceptors (Lipinski definition) is 31. The summed E-state index contributed by atoms with van der Waals surface area (Å²) in [6.07, 6.45) is 10.9. The Morgan fingerprint density at radius 3 is 0.854 bits per heavy atom. The molecule has 40 heteroatoms. The zero-order valence-electron chi connectivity index (χ0n) is 87.9. The van der Waals surface area contributed by atoms with Gasteiger partial charge in [-0.3, -0.25) is 5.21 Å². The van der Waals surface area contributed by atoms with E-state index in [1.807, 2.05) is 97.0 Å². The van der Waals surface area contributed by atoms with E-state index >= 15 is 0 Å². The summed E-state index contributed by atoms with van der Waals surface area (Å²) in [6, 6.07) is 27.3. The Balaban J connectivity index is 0.000000357. The summed E-state index contributed by atoms with van der Waals surface area (Å²) in [6.45, 7) is 19.4. The van der Waals surface area contributed by atoms with Gasteiger partial charge >= 0.3 is 35.1 Å². The number of rotatable bonds is 56. The first kappa shape index (κ1) is 125. The smallest absolute Gasteiger partial charge is 1.00 e. The quantitative estimate of drug-likeness (QED) is 0.00904. The molecule has 3 fully saturated rings. The fourth-order valence-electron chi connectivity index (χ4n) is 16.0. The maximum atomic E-state index is 13.5. The number of nitrogens with two attached hydrogens (primary N) is 1. The number of hydrogen-bond donors (Lipinski definition) is 4. The number of methoxy groups -OCH3 is 12. The Hall–Kier alpha value is -9.62. The summed E-state index contributed by atoms with van der Waals surface area (Å²) in [5, 5.41) is 16.1. The third-order valence-corrected chi connectivity index (χ3v) is 29.0. The fraction of sp³-hybridized carbons (Fsp3) is 0.577. The van der Waals surface area contributed by atoms with Gasteiger partial charge in [0.15, 0.2) is 98.5 Å². The van der Waals surface area contributed by atoms with Crippen molar-refractivity contribution in [1.29, 1.82) is 0 Å². The third-order valence-electron chi connectivity index (χ3n) is 23.2. The van der Waals surface area contributed by atoms with Crippen LogP contribution in [0.3, 0.4) is 0 Å². The van der Waals surface area contributed by atoms with Crippen molar-refractivity contribution in [2.45, 2.75) is 229 Å². The number of nitrogens with one attached hydrogen (secondary N) is 2. The summed E-state index contributed by atoms with van der Waals surface area (Å²) in [4.78, 5) is 26.5. The number of urea groups is 2. The monoisotopic (exact) mass is 2150 g/mol. The number of amides is 4. The van der Waals surface area contributed by atoms with Crippen LogP contribution in [0.4, 0.5) is 9.59 Å². The van der Waals surface area contributed by atoms with Crippen LogP contribution >= 0.6 is 0 Å². The largest absolute Gasteiger partial charge is 2.00 e. The topological polar surface area (TPSA) is 407 Å². The number of ether oxygens (including phenoxy) is 21. The van der Waals surface area contributed by atoms with Crippen LogP contribution < -0.4 is 119 Å². The molecule has 7 aromatic carbocycles. The summed E-state index contributed by atoms with van der Waals surface area (Å²) in [7, 11) is 9.61. The normalized spacial score (nSPS) is 15.7. The Morgan fingerprint density at radius 2 is 0.597 bits per heavy atom. The molecular formula is C104H154BrMgN5O30S3. The Labute approximate surface area is 879 Å². The van der Waals surface area contributed by atoms with Crippen molar-refractivity contribution in [3.8, 4) is 103 Å². The van der Waals surface area contributed by atoms with Crippen LogP contribution in [0.1, 0.15) is 247 Å². The van der Waals surface area contributed by atoms with E-state index in [1.54, 1.807) is 134 Å². The second kappa shape index (κ2) is 64.5. The van der Waals surface area contributed by atoms with E-state index in [0.717, 1.165) is 54.4 Å². The maximum Gasteiger partial charge on any atom is 2.00 e. The van der Waals surface area contributed by atoms with Crippen molar-refractivity contribution in [3.63, 3.8) is 0 Å². The van der Waals surface area contributed by atoms with Gasteiger partial charge < -0.3 is 138 Å². The molecule has 7 aromatic rings. The first-order valence-electron chi connectivity index (χ1n) is 48.9. The number of benzene rings is 7. The second-order valence-electron chi connectivity index (χ2n) is 33.7. The van der Waals surface area contributed by atoms with Gasteiger partial charge in [-0.15, -0.1) is 12.1 Å². The Kier molecular flexibility index (Phi) is 55.9. The van der Waals surface area contributed by atoms with Gasteiger partial charge in [-0.05, 0) is 222 Å². The molecule has 0 radical (unpaired) electrons. The average molecular weight is 2150 g/mol. The van der Waals surface area contributed by atoms with Gasteiger partial charge in [-0.1, -0.05) is 68.2 Å². The molecule has 5 N–H and O–H groups in total. The molecule has 3 saturated heterocycles. The first-order valence-corrected chi connectivity index (χ1v) is 53.8. The predicted octanol–water partition coefficient (Wildman–Crippen LogP) is 15.9. The number of halogens is 1. The Bertz CT molecular complexity index is 5130. The van der Waals surface area contributed by atoms with Crippen LogP contribution in [0.2, 0.25) is 0 Å². The van der Waals surface area contributed by atoms with Crippen LogP contribution in [0.25, 0.3) is 0 Å². The molecule has 144 heavy (non-hydrogen) atoms. The second-order valence-corrected chi connectivity index (χ2v) is 40.0. The molecule has 3 aliphatic heterocycles. The van der Waals surface area contributed by atoms with Crippen molar-refractivity contribution >= 4 is 64.6 Å². The first-order chi connectivity index (χ1) is 68.4. The van der Waals surface area contributed by atoms with Crippen LogP contribution in [0, 0.1) is 6.07 Å². The Morgan fingerprint density at radius 1 is 0.340 bits per heavy atom. The minimum atomic E-state index is -3.70. The number of hydroxylamine groups is 2. The minimum Gasteiger partial charge on any atom is -1.00 e. The van der Waals surface area contributed by atoms with Gasteiger partial charge in [0.25, 0.3) is 0 Å². The van der Waals surface area contributed by atoms with Gasteiger partial charge in [0, 0.05) is 26.7 Å². The predicted molar refractivity (Wildman–Crippen MR) is 547 cm³/mol. The molecule has 0 bridgehead atoms. The summed E-state index contributed by atoms with van der Waals surface area (Å²) in [5.41, 5.74) is 10.4. The van der Waals surface area contributed by atoms with Crippen molar-refractivity contribution in [1.82, 2.24) is 20.6 Å². The molecule has 0 spiro atoms. The van der Waals surface area contributed by atoms with Gasteiger partial charge in [0.1, 0.15) is 14.7 Å². The molecule has 35 nitrogen and oxygen atoms in total.